The SMILES string of the molecule is N=C(N)NCCCC(N)C(=O)O.NCCCCC(N)C(=O)O. The van der Waals surface area contributed by atoms with Crippen molar-refractivity contribution in [1.82, 2.24) is 5.32 Å². The summed E-state index contributed by atoms with van der Waals surface area (Å²) in [5, 5.41) is 26.0. The van der Waals surface area contributed by atoms with Crippen molar-refractivity contribution in [2.45, 2.75) is 44.2 Å². The summed E-state index contributed by atoms with van der Waals surface area (Å²) in [5.41, 5.74) is 20.6. The molecule has 10 heteroatoms. The highest BCUT2D eigenvalue weighted by Gasteiger charge is 2.10. The molecule has 2 atom stereocenters. The zero-order chi connectivity index (χ0) is 17.5. The lowest BCUT2D eigenvalue weighted by Gasteiger charge is -2.06. The van der Waals surface area contributed by atoms with E-state index in [2.05, 4.69) is 5.32 Å². The number of carbonyl (C=O) groups is 2. The van der Waals surface area contributed by atoms with Crippen molar-refractivity contribution in [3.63, 3.8) is 0 Å². The van der Waals surface area contributed by atoms with Crippen molar-refractivity contribution in [1.29, 1.82) is 5.41 Å². The van der Waals surface area contributed by atoms with E-state index in [1.54, 1.807) is 0 Å². The van der Waals surface area contributed by atoms with E-state index in [9.17, 15) is 9.59 Å². The normalized spacial score (nSPS) is 12.5. The number of guanidine groups is 1. The van der Waals surface area contributed by atoms with Crippen LogP contribution in [0.4, 0.5) is 0 Å². The molecule has 0 saturated heterocycles. The van der Waals surface area contributed by atoms with Crippen molar-refractivity contribution in [3.8, 4) is 0 Å². The lowest BCUT2D eigenvalue weighted by Crippen LogP contribution is -2.34. The molecule has 0 amide bonds. The van der Waals surface area contributed by atoms with Gasteiger partial charge < -0.3 is 38.5 Å². The van der Waals surface area contributed by atoms with Gasteiger partial charge >= 0.3 is 11.9 Å². The first-order valence-electron chi connectivity index (χ1n) is 6.97. The van der Waals surface area contributed by atoms with Crippen molar-refractivity contribution >= 4 is 17.9 Å². The van der Waals surface area contributed by atoms with Gasteiger partial charge in [0, 0.05) is 6.54 Å². The molecule has 2 unspecified atom stereocenters. The number of hydrogen-bond donors (Lipinski definition) is 8. The van der Waals surface area contributed by atoms with Gasteiger partial charge in [0.25, 0.3) is 0 Å². The lowest BCUT2D eigenvalue weighted by molar-refractivity contribution is -0.139. The van der Waals surface area contributed by atoms with E-state index in [1.165, 1.54) is 0 Å². The average molecular weight is 320 g/mol. The zero-order valence-electron chi connectivity index (χ0n) is 12.6. The third-order valence-electron chi connectivity index (χ3n) is 2.61. The van der Waals surface area contributed by atoms with Crippen LogP contribution >= 0.6 is 0 Å². The highest BCUT2D eigenvalue weighted by atomic mass is 16.4. The molecule has 0 aromatic rings. The number of carboxylic acid groups (broad SMARTS) is 2. The molecule has 0 aliphatic rings. The van der Waals surface area contributed by atoms with Gasteiger partial charge in [0.15, 0.2) is 5.96 Å². The second-order valence-electron chi connectivity index (χ2n) is 4.66. The molecule has 10 nitrogen and oxygen atoms in total. The molecule has 22 heavy (non-hydrogen) atoms. The molecular formula is C12H28N6O4. The Hall–Kier alpha value is -1.91. The highest BCUT2D eigenvalue weighted by molar-refractivity contribution is 5.74. The summed E-state index contributed by atoms with van der Waals surface area (Å²) < 4.78 is 0. The summed E-state index contributed by atoms with van der Waals surface area (Å²) in [6, 6.07) is -1.54. The molecule has 0 fully saturated rings. The summed E-state index contributed by atoms with van der Waals surface area (Å²) in [4.78, 5) is 20.4. The van der Waals surface area contributed by atoms with Gasteiger partial charge in [-0.1, -0.05) is 6.42 Å². The first-order chi connectivity index (χ1) is 10.2. The Labute approximate surface area is 129 Å². The fourth-order valence-corrected chi connectivity index (χ4v) is 1.30. The molecule has 0 rings (SSSR count). The molecular weight excluding hydrogens is 292 g/mol. The fraction of sp³-hybridized carbons (Fsp3) is 0.750. The largest absolute Gasteiger partial charge is 0.480 e. The van der Waals surface area contributed by atoms with Gasteiger partial charge in [0.05, 0.1) is 0 Å². The van der Waals surface area contributed by atoms with E-state index in [0.717, 1.165) is 12.8 Å². The molecule has 0 bridgehead atoms. The van der Waals surface area contributed by atoms with E-state index in [4.69, 9.17) is 38.6 Å². The van der Waals surface area contributed by atoms with Crippen LogP contribution in [0.1, 0.15) is 32.1 Å². The van der Waals surface area contributed by atoms with Crippen LogP contribution in [0.2, 0.25) is 0 Å². The van der Waals surface area contributed by atoms with Crippen LogP contribution < -0.4 is 28.3 Å². The summed E-state index contributed by atoms with van der Waals surface area (Å²) in [6.45, 7) is 1.09. The van der Waals surface area contributed by atoms with Crippen LogP contribution in [0.5, 0.6) is 0 Å². The molecule has 0 aliphatic heterocycles. The topological polar surface area (TPSA) is 215 Å². The van der Waals surface area contributed by atoms with Crippen molar-refractivity contribution < 1.29 is 19.8 Å². The quantitative estimate of drug-likeness (QED) is 0.129. The highest BCUT2D eigenvalue weighted by Crippen LogP contribution is 1.97. The number of aliphatic carboxylic acids is 2. The maximum atomic E-state index is 10.2. The third kappa shape index (κ3) is 16.1. The number of hydrogen-bond acceptors (Lipinski definition) is 6. The minimum absolute atomic E-state index is 0.112. The molecule has 0 heterocycles. The summed E-state index contributed by atoms with van der Waals surface area (Å²) in [5.74, 6) is -2.05. The van der Waals surface area contributed by atoms with Gasteiger partial charge in [-0.05, 0) is 32.2 Å². The number of rotatable bonds is 10. The molecule has 0 aromatic heterocycles. The van der Waals surface area contributed by atoms with Crippen molar-refractivity contribution in [2.75, 3.05) is 13.1 Å². The van der Waals surface area contributed by atoms with Gasteiger partial charge in [-0.25, -0.2) is 0 Å². The van der Waals surface area contributed by atoms with Gasteiger partial charge in [-0.2, -0.15) is 0 Å². The first kappa shape index (κ1) is 22.4. The van der Waals surface area contributed by atoms with E-state index >= 15 is 0 Å². The Balaban J connectivity index is 0. The van der Waals surface area contributed by atoms with Crippen LogP contribution in [0.3, 0.4) is 0 Å². The molecule has 0 saturated carbocycles. The van der Waals surface area contributed by atoms with Crippen LogP contribution in [-0.4, -0.2) is 53.3 Å². The van der Waals surface area contributed by atoms with Gasteiger partial charge in [-0.3, -0.25) is 15.0 Å². The summed E-state index contributed by atoms with van der Waals surface area (Å²) in [6.07, 6.45) is 3.14. The standard InChI is InChI=1S/C6H14N4O2.C6H14N2O2/c7-4(5(11)12)2-1-3-10-6(8)9;7-4-2-1-3-5(8)6(9)10/h4H,1-3,7H2,(H,11,12)(H4,8,9,10);5H,1-4,7-8H2,(H,9,10). The fourth-order valence-electron chi connectivity index (χ4n) is 1.30. The predicted octanol–water partition coefficient (Wildman–Crippen LogP) is -1.81. The summed E-state index contributed by atoms with van der Waals surface area (Å²) in [7, 11) is 0. The number of nitrogens with one attached hydrogen (secondary N) is 2. The number of unbranched alkanes of at least 4 members (excludes halogenated alkanes) is 1. The van der Waals surface area contributed by atoms with Crippen LogP contribution in [0.25, 0.3) is 0 Å². The van der Waals surface area contributed by atoms with Crippen molar-refractivity contribution in [3.05, 3.63) is 0 Å². The van der Waals surface area contributed by atoms with E-state index in [-0.39, 0.29) is 5.96 Å². The molecule has 0 aromatic carbocycles. The van der Waals surface area contributed by atoms with Gasteiger partial charge in [-0.15, -0.1) is 0 Å². The van der Waals surface area contributed by atoms with Gasteiger partial charge in [0.2, 0.25) is 0 Å². The summed E-state index contributed by atoms with van der Waals surface area (Å²) >= 11 is 0. The zero-order valence-corrected chi connectivity index (χ0v) is 12.6. The maximum absolute atomic E-state index is 10.2. The second kappa shape index (κ2) is 14.0. The number of carboxylic acids is 2. The number of nitrogens with two attached hydrogens (primary N) is 4. The predicted molar refractivity (Wildman–Crippen MR) is 83.3 cm³/mol. The minimum Gasteiger partial charge on any atom is -0.480 e. The maximum Gasteiger partial charge on any atom is 0.320 e. The van der Waals surface area contributed by atoms with Crippen LogP contribution in [0.15, 0.2) is 0 Å². The van der Waals surface area contributed by atoms with E-state index in [0.29, 0.717) is 32.4 Å². The minimum atomic E-state index is -1.00. The molecule has 0 radical (unpaired) electrons. The Morgan fingerprint density at radius 3 is 1.82 bits per heavy atom. The van der Waals surface area contributed by atoms with E-state index < -0.39 is 24.0 Å². The second-order valence-corrected chi connectivity index (χ2v) is 4.66. The Bertz CT molecular complexity index is 340. The average Bonchev–Trinajstić information content (AvgIpc) is 2.43. The molecule has 0 spiro atoms. The van der Waals surface area contributed by atoms with Crippen molar-refractivity contribution in [2.24, 2.45) is 22.9 Å². The lowest BCUT2D eigenvalue weighted by atomic mass is 10.1. The monoisotopic (exact) mass is 320 g/mol. The van der Waals surface area contributed by atoms with Crippen LogP contribution in [0, 0.1) is 5.41 Å². The first-order valence-corrected chi connectivity index (χ1v) is 6.97. The Morgan fingerprint density at radius 2 is 1.45 bits per heavy atom. The molecule has 130 valence electrons. The Kier molecular flexibility index (Phi) is 14.3. The smallest absolute Gasteiger partial charge is 0.320 e. The third-order valence-corrected chi connectivity index (χ3v) is 2.61. The Morgan fingerprint density at radius 1 is 1.00 bits per heavy atom. The van der Waals surface area contributed by atoms with Gasteiger partial charge in [0.1, 0.15) is 12.1 Å². The van der Waals surface area contributed by atoms with E-state index in [1.807, 2.05) is 0 Å². The van der Waals surface area contributed by atoms with Crippen LogP contribution in [-0.2, 0) is 9.59 Å². The molecule has 0 aliphatic carbocycles. The molecule has 12 N–H and O–H groups in total.